The molecular weight excluding hydrogens is 335 g/mol. The van der Waals surface area contributed by atoms with Gasteiger partial charge in [-0.1, -0.05) is 13.8 Å². The number of anilines is 3. The van der Waals surface area contributed by atoms with Crippen molar-refractivity contribution in [3.05, 3.63) is 35.3 Å². The van der Waals surface area contributed by atoms with E-state index in [1.807, 2.05) is 0 Å². The van der Waals surface area contributed by atoms with Crippen molar-refractivity contribution in [3.63, 3.8) is 0 Å². The lowest BCUT2D eigenvalue weighted by Gasteiger charge is -2.13. The largest absolute Gasteiger partial charge is 0.433 e. The Morgan fingerprint density at radius 2 is 1.80 bits per heavy atom. The van der Waals surface area contributed by atoms with Crippen molar-refractivity contribution in [1.82, 2.24) is 15.0 Å². The summed E-state index contributed by atoms with van der Waals surface area (Å²) in [7, 11) is 0. The first-order valence-corrected chi connectivity index (χ1v) is 7.54. The average molecular weight is 353 g/mol. The van der Waals surface area contributed by atoms with Crippen molar-refractivity contribution in [1.29, 1.82) is 0 Å². The summed E-state index contributed by atoms with van der Waals surface area (Å²) in [5.41, 5.74) is 0.103. The van der Waals surface area contributed by atoms with Crippen LogP contribution in [-0.2, 0) is 11.0 Å². The molecule has 2 aromatic heterocycles. The van der Waals surface area contributed by atoms with Gasteiger partial charge in [0, 0.05) is 11.6 Å². The number of aromatic nitrogens is 3. The summed E-state index contributed by atoms with van der Waals surface area (Å²) in [5.74, 6) is -0.176. The number of nitrogens with zero attached hydrogens (tertiary/aromatic N) is 3. The Kier molecular flexibility index (Phi) is 5.24. The van der Waals surface area contributed by atoms with Gasteiger partial charge in [0.1, 0.15) is 11.5 Å². The van der Waals surface area contributed by atoms with Gasteiger partial charge in [-0.25, -0.2) is 15.0 Å². The van der Waals surface area contributed by atoms with Crippen molar-refractivity contribution in [2.75, 3.05) is 10.6 Å². The third-order valence-electron chi connectivity index (χ3n) is 3.25. The lowest BCUT2D eigenvalue weighted by Crippen LogP contribution is -2.18. The highest BCUT2D eigenvalue weighted by molar-refractivity contribution is 5.91. The highest BCUT2D eigenvalue weighted by atomic mass is 19.4. The number of alkyl halides is 3. The number of hydrogen-bond acceptors (Lipinski definition) is 5. The molecule has 0 aliphatic heterocycles. The van der Waals surface area contributed by atoms with Crippen LogP contribution in [0.2, 0.25) is 0 Å². The minimum absolute atomic E-state index is 0.170. The summed E-state index contributed by atoms with van der Waals surface area (Å²) in [5, 5.41) is 5.38. The standard InChI is InChI=1S/C16H18F3N5O/c1-8(2)14(25)24-13-6-5-11(10(4)21-13)22-15-20-9(3)7-12(23-15)16(17,18)19/h5-8H,1-4H3,(H,20,22,23)(H,21,24,25). The highest BCUT2D eigenvalue weighted by Crippen LogP contribution is 2.29. The van der Waals surface area contributed by atoms with Gasteiger partial charge in [-0.3, -0.25) is 4.79 Å². The van der Waals surface area contributed by atoms with E-state index < -0.39 is 11.9 Å². The molecule has 0 aromatic carbocycles. The predicted octanol–water partition coefficient (Wildman–Crippen LogP) is 3.85. The first kappa shape index (κ1) is 18.6. The van der Waals surface area contributed by atoms with Gasteiger partial charge in [-0.2, -0.15) is 13.2 Å². The van der Waals surface area contributed by atoms with Gasteiger partial charge in [0.25, 0.3) is 0 Å². The first-order chi connectivity index (χ1) is 11.6. The zero-order valence-electron chi connectivity index (χ0n) is 14.2. The maximum Gasteiger partial charge on any atom is 0.433 e. The molecule has 134 valence electrons. The average Bonchev–Trinajstić information content (AvgIpc) is 2.48. The van der Waals surface area contributed by atoms with Gasteiger partial charge in [0.05, 0.1) is 11.4 Å². The van der Waals surface area contributed by atoms with Crippen molar-refractivity contribution >= 4 is 23.4 Å². The van der Waals surface area contributed by atoms with E-state index in [1.165, 1.54) is 6.92 Å². The van der Waals surface area contributed by atoms with Crippen LogP contribution in [-0.4, -0.2) is 20.9 Å². The van der Waals surface area contributed by atoms with E-state index in [0.29, 0.717) is 17.2 Å². The minimum atomic E-state index is -4.55. The van der Waals surface area contributed by atoms with Crippen LogP contribution in [0.15, 0.2) is 18.2 Å². The Labute approximate surface area is 142 Å². The van der Waals surface area contributed by atoms with Gasteiger partial charge in [-0.15, -0.1) is 0 Å². The zero-order valence-corrected chi connectivity index (χ0v) is 14.2. The minimum Gasteiger partial charge on any atom is -0.323 e. The van der Waals surface area contributed by atoms with Gasteiger partial charge in [0.15, 0.2) is 0 Å². The Morgan fingerprint density at radius 3 is 2.36 bits per heavy atom. The van der Waals surface area contributed by atoms with E-state index in [4.69, 9.17) is 0 Å². The summed E-state index contributed by atoms with van der Waals surface area (Å²) in [6.45, 7) is 6.63. The van der Waals surface area contributed by atoms with Crippen LogP contribution in [0.1, 0.15) is 30.9 Å². The fourth-order valence-corrected chi connectivity index (χ4v) is 1.92. The first-order valence-electron chi connectivity index (χ1n) is 7.54. The van der Waals surface area contributed by atoms with Gasteiger partial charge in [0.2, 0.25) is 11.9 Å². The molecule has 6 nitrogen and oxygen atoms in total. The molecule has 0 radical (unpaired) electrons. The summed E-state index contributed by atoms with van der Waals surface area (Å²) in [6, 6.07) is 4.02. The Hall–Kier alpha value is -2.71. The maximum atomic E-state index is 12.8. The van der Waals surface area contributed by atoms with Crippen LogP contribution in [0.4, 0.5) is 30.6 Å². The van der Waals surface area contributed by atoms with Crippen LogP contribution in [0.25, 0.3) is 0 Å². The predicted molar refractivity (Wildman–Crippen MR) is 87.5 cm³/mol. The zero-order chi connectivity index (χ0) is 18.8. The second-order valence-electron chi connectivity index (χ2n) is 5.81. The van der Waals surface area contributed by atoms with Crippen LogP contribution in [0.5, 0.6) is 0 Å². The fraction of sp³-hybridized carbons (Fsp3) is 0.375. The number of rotatable bonds is 4. The van der Waals surface area contributed by atoms with E-state index in [1.54, 1.807) is 32.9 Å². The van der Waals surface area contributed by atoms with E-state index in [-0.39, 0.29) is 23.5 Å². The smallest absolute Gasteiger partial charge is 0.323 e. The molecule has 0 aliphatic carbocycles. The van der Waals surface area contributed by atoms with Crippen molar-refractivity contribution in [3.8, 4) is 0 Å². The molecule has 9 heteroatoms. The molecule has 0 spiro atoms. The van der Waals surface area contributed by atoms with Crippen LogP contribution >= 0.6 is 0 Å². The second-order valence-corrected chi connectivity index (χ2v) is 5.81. The van der Waals surface area contributed by atoms with Crippen LogP contribution in [0, 0.1) is 19.8 Å². The molecule has 0 aliphatic rings. The van der Waals surface area contributed by atoms with Crippen LogP contribution < -0.4 is 10.6 Å². The van der Waals surface area contributed by atoms with Gasteiger partial charge in [-0.05, 0) is 32.0 Å². The van der Waals surface area contributed by atoms with E-state index in [9.17, 15) is 18.0 Å². The molecule has 2 aromatic rings. The monoisotopic (exact) mass is 353 g/mol. The van der Waals surface area contributed by atoms with Crippen molar-refractivity contribution in [2.24, 2.45) is 5.92 Å². The normalized spacial score (nSPS) is 11.5. The topological polar surface area (TPSA) is 79.8 Å². The Morgan fingerprint density at radius 1 is 1.12 bits per heavy atom. The molecule has 0 saturated carbocycles. The third-order valence-corrected chi connectivity index (χ3v) is 3.25. The van der Waals surface area contributed by atoms with Crippen LogP contribution in [0.3, 0.4) is 0 Å². The van der Waals surface area contributed by atoms with E-state index >= 15 is 0 Å². The molecule has 0 unspecified atom stereocenters. The SMILES string of the molecule is Cc1cc(C(F)(F)F)nc(Nc2ccc(NC(=O)C(C)C)nc2C)n1. The number of hydrogen-bond donors (Lipinski definition) is 2. The second kappa shape index (κ2) is 7.04. The van der Waals surface area contributed by atoms with E-state index in [0.717, 1.165) is 6.07 Å². The number of nitrogens with one attached hydrogen (secondary N) is 2. The van der Waals surface area contributed by atoms with Gasteiger partial charge >= 0.3 is 6.18 Å². The molecule has 0 fully saturated rings. The Bertz CT molecular complexity index is 790. The molecule has 2 rings (SSSR count). The van der Waals surface area contributed by atoms with Gasteiger partial charge < -0.3 is 10.6 Å². The summed E-state index contributed by atoms with van der Waals surface area (Å²) in [4.78, 5) is 23.3. The number of carbonyl (C=O) groups excluding carboxylic acids is 1. The summed E-state index contributed by atoms with van der Waals surface area (Å²) < 4.78 is 38.5. The third kappa shape index (κ3) is 4.88. The molecule has 2 N–H and O–H groups in total. The molecule has 25 heavy (non-hydrogen) atoms. The fourth-order valence-electron chi connectivity index (χ4n) is 1.92. The summed E-state index contributed by atoms with van der Waals surface area (Å²) in [6.07, 6.45) is -4.55. The van der Waals surface area contributed by atoms with E-state index in [2.05, 4.69) is 25.6 Å². The molecule has 2 heterocycles. The summed E-state index contributed by atoms with van der Waals surface area (Å²) >= 11 is 0. The number of amides is 1. The molecule has 0 bridgehead atoms. The molecule has 1 amide bonds. The molecule has 0 saturated heterocycles. The molecule has 0 atom stereocenters. The highest BCUT2D eigenvalue weighted by Gasteiger charge is 2.33. The lowest BCUT2D eigenvalue weighted by atomic mass is 10.2. The molecular formula is C16H18F3N5O. The van der Waals surface area contributed by atoms with Crippen molar-refractivity contribution < 1.29 is 18.0 Å². The maximum absolute atomic E-state index is 12.8. The number of halogens is 3. The quantitative estimate of drug-likeness (QED) is 0.873. The lowest BCUT2D eigenvalue weighted by molar-refractivity contribution is -0.141. The number of pyridine rings is 1. The Balaban J connectivity index is 2.24. The number of aryl methyl sites for hydroxylation is 2. The van der Waals surface area contributed by atoms with Crippen molar-refractivity contribution in [2.45, 2.75) is 33.9 Å². The number of carbonyl (C=O) groups is 1.